The largest absolute Gasteiger partial charge is 0.489 e. The minimum Gasteiger partial charge on any atom is -0.489 e. The van der Waals surface area contributed by atoms with Crippen LogP contribution in [0.1, 0.15) is 28.4 Å². The number of fused-ring (bicyclic) bond motifs is 2. The normalized spacial score (nSPS) is 14.1. The maximum atomic E-state index is 13.0. The lowest BCUT2D eigenvalue weighted by Gasteiger charge is -2.07. The summed E-state index contributed by atoms with van der Waals surface area (Å²) in [5.41, 5.74) is 3.43. The van der Waals surface area contributed by atoms with Gasteiger partial charge in [0.25, 0.3) is 0 Å². The van der Waals surface area contributed by atoms with Crippen LogP contribution < -0.4 is 9.47 Å². The van der Waals surface area contributed by atoms with Crippen LogP contribution in [0.5, 0.6) is 11.5 Å². The second-order valence-corrected chi connectivity index (χ2v) is 7.40. The van der Waals surface area contributed by atoms with Gasteiger partial charge in [-0.3, -0.25) is 4.79 Å². The lowest BCUT2D eigenvalue weighted by Crippen LogP contribution is -1.98. The highest BCUT2D eigenvalue weighted by Crippen LogP contribution is 2.36. The zero-order valence-electron chi connectivity index (χ0n) is 17.0. The fourth-order valence-electron chi connectivity index (χ4n) is 3.80. The molecule has 1 aliphatic heterocycles. The van der Waals surface area contributed by atoms with Crippen LogP contribution in [0.4, 0.5) is 4.39 Å². The van der Waals surface area contributed by atoms with Gasteiger partial charge in [0, 0.05) is 35.3 Å². The predicted molar refractivity (Wildman–Crippen MR) is 118 cm³/mol. The van der Waals surface area contributed by atoms with Crippen molar-refractivity contribution in [2.45, 2.75) is 20.1 Å². The van der Waals surface area contributed by atoms with Gasteiger partial charge in [0.2, 0.25) is 5.78 Å². The first kappa shape index (κ1) is 19.1. The molecule has 0 aliphatic carbocycles. The Hall–Kier alpha value is -3.86. The first-order valence-corrected chi connectivity index (χ1v) is 10.2. The molecule has 0 spiro atoms. The minimum atomic E-state index is -0.283. The van der Waals surface area contributed by atoms with Crippen molar-refractivity contribution in [3.63, 3.8) is 0 Å². The van der Waals surface area contributed by atoms with E-state index in [2.05, 4.69) is 17.6 Å². The smallest absolute Gasteiger partial charge is 0.231 e. The van der Waals surface area contributed by atoms with Gasteiger partial charge >= 0.3 is 0 Å². The molecule has 0 amide bonds. The zero-order valence-corrected chi connectivity index (χ0v) is 17.0. The second kappa shape index (κ2) is 7.76. The number of carbonyl (C=O) groups excluding carboxylic acids is 1. The number of halogens is 1. The quantitative estimate of drug-likeness (QED) is 0.377. The minimum absolute atomic E-state index is 0.145. The Balaban J connectivity index is 1.39. The monoisotopic (exact) mass is 413 g/mol. The molecule has 4 nitrogen and oxygen atoms in total. The first-order valence-electron chi connectivity index (χ1n) is 10.2. The number of Topliss-reactive ketones (excluding diaryl/α,β-unsaturated/α-hetero) is 1. The highest BCUT2D eigenvalue weighted by molar-refractivity contribution is 6.15. The van der Waals surface area contributed by atoms with Crippen LogP contribution in [0.3, 0.4) is 0 Å². The van der Waals surface area contributed by atoms with Crippen molar-refractivity contribution in [2.24, 2.45) is 0 Å². The molecule has 0 bridgehead atoms. The Labute approximate surface area is 179 Å². The van der Waals surface area contributed by atoms with E-state index in [1.165, 1.54) is 12.1 Å². The first-order chi connectivity index (χ1) is 15.1. The SMILES string of the molecule is CCn1cc(C=C2Oc3cc(OCc4ccc(F)cc4)ccc3C2=O)c2ccccc21. The van der Waals surface area contributed by atoms with E-state index in [9.17, 15) is 9.18 Å². The molecule has 0 unspecified atom stereocenters. The van der Waals surface area contributed by atoms with Gasteiger partial charge in [-0.2, -0.15) is 0 Å². The van der Waals surface area contributed by atoms with Crippen LogP contribution >= 0.6 is 0 Å². The van der Waals surface area contributed by atoms with Crippen LogP contribution in [-0.4, -0.2) is 10.4 Å². The molecule has 5 heteroatoms. The number of nitrogens with zero attached hydrogens (tertiary/aromatic N) is 1. The van der Waals surface area contributed by atoms with Gasteiger partial charge in [-0.1, -0.05) is 30.3 Å². The highest BCUT2D eigenvalue weighted by Gasteiger charge is 2.28. The van der Waals surface area contributed by atoms with Crippen molar-refractivity contribution in [2.75, 3.05) is 0 Å². The Morgan fingerprint density at radius 2 is 1.87 bits per heavy atom. The Morgan fingerprint density at radius 1 is 1.06 bits per heavy atom. The van der Waals surface area contributed by atoms with Crippen LogP contribution in [0.25, 0.3) is 17.0 Å². The summed E-state index contributed by atoms with van der Waals surface area (Å²) in [5, 5.41) is 1.08. The lowest BCUT2D eigenvalue weighted by atomic mass is 10.1. The summed E-state index contributed by atoms with van der Waals surface area (Å²) in [6.45, 7) is 3.23. The Morgan fingerprint density at radius 3 is 2.68 bits per heavy atom. The molecule has 4 aromatic rings. The van der Waals surface area contributed by atoms with Crippen molar-refractivity contribution < 1.29 is 18.7 Å². The van der Waals surface area contributed by atoms with Crippen LogP contribution in [0, 0.1) is 5.82 Å². The van der Waals surface area contributed by atoms with E-state index < -0.39 is 0 Å². The molecule has 3 aromatic carbocycles. The molecule has 0 saturated carbocycles. The summed E-state index contributed by atoms with van der Waals surface area (Å²) in [6.07, 6.45) is 3.84. The molecule has 154 valence electrons. The van der Waals surface area contributed by atoms with E-state index in [1.54, 1.807) is 36.4 Å². The fraction of sp³-hybridized carbons (Fsp3) is 0.115. The number of hydrogen-bond donors (Lipinski definition) is 0. The molecule has 2 heterocycles. The maximum Gasteiger partial charge on any atom is 0.231 e. The number of allylic oxidation sites excluding steroid dienone is 1. The average Bonchev–Trinajstić information content (AvgIpc) is 3.31. The van der Waals surface area contributed by atoms with Crippen LogP contribution in [0.2, 0.25) is 0 Å². The standard InChI is InChI=1S/C26H20FNO3/c1-2-28-15-18(21-5-3-4-6-23(21)28)13-25-26(29)22-12-11-20(14-24(22)31-25)30-16-17-7-9-19(27)10-8-17/h3-15H,2,16H2,1H3. The van der Waals surface area contributed by atoms with E-state index >= 15 is 0 Å². The fourth-order valence-corrected chi connectivity index (χ4v) is 3.80. The second-order valence-electron chi connectivity index (χ2n) is 7.40. The molecule has 0 N–H and O–H groups in total. The van der Waals surface area contributed by atoms with E-state index in [4.69, 9.17) is 9.47 Å². The Bertz CT molecular complexity index is 1320. The van der Waals surface area contributed by atoms with Gasteiger partial charge in [-0.05, 0) is 48.9 Å². The van der Waals surface area contributed by atoms with Crippen LogP contribution in [0.15, 0.2) is 78.7 Å². The average molecular weight is 413 g/mol. The van der Waals surface area contributed by atoms with E-state index in [0.717, 1.165) is 28.6 Å². The molecule has 0 radical (unpaired) electrons. The summed E-state index contributed by atoms with van der Waals surface area (Å²) in [4.78, 5) is 12.9. The maximum absolute atomic E-state index is 13.0. The lowest BCUT2D eigenvalue weighted by molar-refractivity contribution is 0.101. The third-order valence-corrected chi connectivity index (χ3v) is 5.41. The molecule has 1 aliphatic rings. The van der Waals surface area contributed by atoms with E-state index in [-0.39, 0.29) is 11.6 Å². The molecule has 1 aromatic heterocycles. The van der Waals surface area contributed by atoms with Gasteiger partial charge in [0.05, 0.1) is 5.56 Å². The number of para-hydroxylation sites is 1. The van der Waals surface area contributed by atoms with Crippen molar-refractivity contribution in [3.05, 3.63) is 101 Å². The summed E-state index contributed by atoms with van der Waals surface area (Å²) in [6, 6.07) is 19.4. The number of aryl methyl sites for hydroxylation is 1. The molecule has 0 saturated heterocycles. The van der Waals surface area contributed by atoms with Crippen molar-refractivity contribution in [1.82, 2.24) is 4.57 Å². The molecule has 31 heavy (non-hydrogen) atoms. The van der Waals surface area contributed by atoms with Crippen molar-refractivity contribution in [3.8, 4) is 11.5 Å². The van der Waals surface area contributed by atoms with Crippen molar-refractivity contribution in [1.29, 1.82) is 0 Å². The number of aromatic nitrogens is 1. The van der Waals surface area contributed by atoms with Gasteiger partial charge in [0.1, 0.15) is 23.9 Å². The number of ether oxygens (including phenoxy) is 2. The van der Waals surface area contributed by atoms with Gasteiger partial charge < -0.3 is 14.0 Å². The third-order valence-electron chi connectivity index (χ3n) is 5.41. The summed E-state index contributed by atoms with van der Waals surface area (Å²) in [7, 11) is 0. The summed E-state index contributed by atoms with van der Waals surface area (Å²) >= 11 is 0. The number of rotatable bonds is 5. The van der Waals surface area contributed by atoms with Gasteiger partial charge in [0.15, 0.2) is 5.76 Å². The number of benzene rings is 3. The highest BCUT2D eigenvalue weighted by atomic mass is 19.1. The summed E-state index contributed by atoms with van der Waals surface area (Å²) in [5.74, 6) is 0.930. The van der Waals surface area contributed by atoms with E-state index in [0.29, 0.717) is 29.4 Å². The molecule has 5 rings (SSSR count). The van der Waals surface area contributed by atoms with Crippen molar-refractivity contribution >= 4 is 22.8 Å². The molecule has 0 atom stereocenters. The van der Waals surface area contributed by atoms with Gasteiger partial charge in [-0.15, -0.1) is 0 Å². The van der Waals surface area contributed by atoms with E-state index in [1.807, 2.05) is 24.4 Å². The molecular formula is C26H20FNO3. The molecule has 0 fully saturated rings. The van der Waals surface area contributed by atoms with Crippen LogP contribution in [-0.2, 0) is 13.2 Å². The predicted octanol–water partition coefficient (Wildman–Crippen LogP) is 6.00. The van der Waals surface area contributed by atoms with Gasteiger partial charge in [-0.25, -0.2) is 4.39 Å². The number of carbonyl (C=O) groups is 1. The molecular weight excluding hydrogens is 393 g/mol. The Kier molecular flexibility index (Phi) is 4.79. The number of hydrogen-bond acceptors (Lipinski definition) is 3. The third kappa shape index (κ3) is 3.59. The topological polar surface area (TPSA) is 40.5 Å². The summed E-state index contributed by atoms with van der Waals surface area (Å²) < 4.78 is 26.9. The number of ketones is 1. The zero-order chi connectivity index (χ0) is 21.4.